The number of nitrogens with zero attached hydrogens (tertiary/aromatic N) is 3. The lowest BCUT2D eigenvalue weighted by molar-refractivity contribution is -0.361. The first-order chi connectivity index (χ1) is 15.1. The minimum absolute atomic E-state index is 0.0621. The Kier molecular flexibility index (Phi) is 6.60. The zero-order valence-electron chi connectivity index (χ0n) is 16.4. The summed E-state index contributed by atoms with van der Waals surface area (Å²) in [6.07, 6.45) is -6.65. The SMILES string of the molecule is CC(=O)c1cc(Oc2nnc(C(F)(F)C(F)(F)C(F)(F)F)n2C)ccc1NS(=O)(=O)C(F)(F)F. The number of sulfonamides is 1. The molecule has 0 bridgehead atoms. The van der Waals surface area contributed by atoms with Crippen molar-refractivity contribution < 1.29 is 61.9 Å². The fourth-order valence-corrected chi connectivity index (χ4v) is 2.85. The van der Waals surface area contributed by atoms with E-state index < -0.39 is 68.2 Å². The smallest absolute Gasteiger partial charge is 0.424 e. The highest BCUT2D eigenvalue weighted by Gasteiger charge is 2.75. The van der Waals surface area contributed by atoms with Crippen molar-refractivity contribution in [1.82, 2.24) is 14.8 Å². The summed E-state index contributed by atoms with van der Waals surface area (Å²) in [5, 5.41) is 5.51. The molecule has 0 aliphatic rings. The second-order valence-corrected chi connectivity index (χ2v) is 8.10. The Bertz CT molecular complexity index is 1200. The Morgan fingerprint density at radius 1 is 1.00 bits per heavy atom. The number of rotatable bonds is 7. The lowest BCUT2D eigenvalue weighted by Gasteiger charge is -2.27. The van der Waals surface area contributed by atoms with Gasteiger partial charge >= 0.3 is 39.6 Å². The lowest BCUT2D eigenvalue weighted by Crippen LogP contribution is -2.51. The fraction of sp³-hybridized carbons (Fsp3) is 0.400. The third-order valence-electron chi connectivity index (χ3n) is 3.99. The van der Waals surface area contributed by atoms with Crippen LogP contribution in [0.5, 0.6) is 11.8 Å². The average Bonchev–Trinajstić information content (AvgIpc) is 3.01. The van der Waals surface area contributed by atoms with Crippen LogP contribution in [0.3, 0.4) is 0 Å². The van der Waals surface area contributed by atoms with Crippen molar-refractivity contribution in [1.29, 1.82) is 0 Å². The van der Waals surface area contributed by atoms with E-state index in [4.69, 9.17) is 4.74 Å². The van der Waals surface area contributed by atoms with Crippen LogP contribution in [-0.2, 0) is 23.0 Å². The van der Waals surface area contributed by atoms with Gasteiger partial charge in [0.25, 0.3) is 0 Å². The van der Waals surface area contributed by atoms with E-state index >= 15 is 0 Å². The molecule has 8 nitrogen and oxygen atoms in total. The molecule has 0 aliphatic heterocycles. The van der Waals surface area contributed by atoms with Crippen molar-refractivity contribution in [2.75, 3.05) is 4.72 Å². The maximum Gasteiger partial charge on any atom is 0.516 e. The molecule has 2 rings (SSSR count). The Hall–Kier alpha value is -3.12. The largest absolute Gasteiger partial charge is 0.516 e. The van der Waals surface area contributed by atoms with E-state index in [1.807, 2.05) is 0 Å². The van der Waals surface area contributed by atoms with Crippen LogP contribution >= 0.6 is 0 Å². The quantitative estimate of drug-likeness (QED) is 0.420. The van der Waals surface area contributed by atoms with Gasteiger partial charge in [-0.1, -0.05) is 5.10 Å². The maximum absolute atomic E-state index is 13.9. The van der Waals surface area contributed by atoms with Gasteiger partial charge in [0.1, 0.15) is 5.75 Å². The van der Waals surface area contributed by atoms with Crippen molar-refractivity contribution in [2.45, 2.75) is 30.5 Å². The number of alkyl halides is 10. The number of anilines is 1. The molecule has 0 radical (unpaired) electrons. The molecule has 2 aromatic rings. The normalized spacial score (nSPS) is 13.6. The van der Waals surface area contributed by atoms with E-state index in [0.29, 0.717) is 19.2 Å². The maximum atomic E-state index is 13.9. The van der Waals surface area contributed by atoms with Crippen LogP contribution in [0.4, 0.5) is 49.6 Å². The number of aromatic nitrogens is 3. The van der Waals surface area contributed by atoms with Gasteiger partial charge < -0.3 is 4.74 Å². The molecule has 0 fully saturated rings. The second kappa shape index (κ2) is 8.27. The van der Waals surface area contributed by atoms with E-state index in [2.05, 4.69) is 10.2 Å². The highest BCUT2D eigenvalue weighted by Crippen LogP contribution is 2.51. The first-order valence-electron chi connectivity index (χ1n) is 8.27. The standard InChI is InChI=1S/C15H10F10N4O4S/c1-6(30)8-5-7(3-4-9(8)28-34(31,32)15(23,24)25)33-11-27-26-10(29(11)2)12(16,17)13(18,19)14(20,21)22/h3-5,28H,1-2H3. The molecule has 34 heavy (non-hydrogen) atoms. The molecular weight excluding hydrogens is 522 g/mol. The number of benzene rings is 1. The van der Waals surface area contributed by atoms with E-state index in [0.717, 1.165) is 17.7 Å². The zero-order chi connectivity index (χ0) is 26.5. The predicted molar refractivity (Wildman–Crippen MR) is 91.0 cm³/mol. The third-order valence-corrected chi connectivity index (χ3v) is 5.09. The van der Waals surface area contributed by atoms with Gasteiger partial charge in [-0.25, -0.2) is 0 Å². The van der Waals surface area contributed by atoms with Crippen molar-refractivity contribution in [3.8, 4) is 11.8 Å². The average molecular weight is 532 g/mol. The van der Waals surface area contributed by atoms with Crippen molar-refractivity contribution in [3.05, 3.63) is 29.6 Å². The molecule has 1 heterocycles. The number of ether oxygens (including phenoxy) is 1. The highest BCUT2D eigenvalue weighted by atomic mass is 32.2. The molecule has 0 spiro atoms. The fourth-order valence-electron chi connectivity index (χ4n) is 2.27. The molecule has 190 valence electrons. The van der Waals surface area contributed by atoms with Crippen LogP contribution < -0.4 is 9.46 Å². The molecule has 0 unspecified atom stereocenters. The molecule has 1 N–H and O–H groups in total. The first-order valence-corrected chi connectivity index (χ1v) is 9.76. The van der Waals surface area contributed by atoms with Crippen molar-refractivity contribution in [3.63, 3.8) is 0 Å². The Balaban J connectivity index is 2.44. The number of hydrogen-bond donors (Lipinski definition) is 1. The lowest BCUT2D eigenvalue weighted by atomic mass is 10.1. The molecule has 0 aliphatic carbocycles. The van der Waals surface area contributed by atoms with Gasteiger partial charge in [0.15, 0.2) is 5.78 Å². The molecule has 0 saturated carbocycles. The Morgan fingerprint density at radius 2 is 1.56 bits per heavy atom. The monoisotopic (exact) mass is 532 g/mol. The van der Waals surface area contributed by atoms with E-state index in [1.54, 1.807) is 0 Å². The van der Waals surface area contributed by atoms with Crippen LogP contribution in [0.25, 0.3) is 0 Å². The summed E-state index contributed by atoms with van der Waals surface area (Å²) in [6.45, 7) is 0.810. The van der Waals surface area contributed by atoms with Gasteiger partial charge in [-0.3, -0.25) is 14.1 Å². The Morgan fingerprint density at radius 3 is 2.03 bits per heavy atom. The summed E-state index contributed by atoms with van der Waals surface area (Å²) in [7, 11) is -5.40. The molecule has 0 amide bonds. The molecule has 19 heteroatoms. The summed E-state index contributed by atoms with van der Waals surface area (Å²) in [6, 6.07) is 0.884. The Labute approximate surface area is 182 Å². The molecule has 0 atom stereocenters. The van der Waals surface area contributed by atoms with Crippen molar-refractivity contribution in [2.24, 2.45) is 7.05 Å². The van der Waals surface area contributed by atoms with Gasteiger partial charge in [-0.2, -0.15) is 52.3 Å². The predicted octanol–water partition coefficient (Wildman–Crippen LogP) is 4.36. The van der Waals surface area contributed by atoms with Gasteiger partial charge in [-0.05, 0) is 25.1 Å². The molecule has 0 saturated heterocycles. The summed E-state index contributed by atoms with van der Waals surface area (Å²) in [5.41, 5.74) is -7.30. The summed E-state index contributed by atoms with van der Waals surface area (Å²) < 4.78 is 157. The molecule has 1 aromatic heterocycles. The zero-order valence-corrected chi connectivity index (χ0v) is 17.2. The molecular formula is C15H10F10N4O4S. The van der Waals surface area contributed by atoms with Crippen LogP contribution in [0.15, 0.2) is 18.2 Å². The van der Waals surface area contributed by atoms with E-state index in [-0.39, 0.29) is 4.57 Å². The van der Waals surface area contributed by atoms with Crippen LogP contribution in [-0.4, -0.2) is 46.6 Å². The van der Waals surface area contributed by atoms with Crippen LogP contribution in [0.2, 0.25) is 0 Å². The van der Waals surface area contributed by atoms with Crippen molar-refractivity contribution >= 4 is 21.5 Å². The second-order valence-electron chi connectivity index (χ2n) is 6.43. The van der Waals surface area contributed by atoms with Gasteiger partial charge in [0, 0.05) is 12.6 Å². The minimum Gasteiger partial charge on any atom is -0.424 e. The summed E-state index contributed by atoms with van der Waals surface area (Å²) in [5.74, 6) is -16.2. The van der Waals surface area contributed by atoms with E-state index in [9.17, 15) is 57.1 Å². The molecule has 1 aromatic carbocycles. The third kappa shape index (κ3) is 4.73. The van der Waals surface area contributed by atoms with Gasteiger partial charge in [0.05, 0.1) is 5.69 Å². The topological polar surface area (TPSA) is 103 Å². The number of hydrogen-bond acceptors (Lipinski definition) is 6. The number of ketones is 1. The number of Topliss-reactive ketones (excluding diaryl/α,β-unsaturated/α-hetero) is 1. The van der Waals surface area contributed by atoms with Crippen LogP contribution in [0, 0.1) is 0 Å². The number of carbonyl (C=O) groups is 1. The number of nitrogens with one attached hydrogen (secondary N) is 1. The first kappa shape index (κ1) is 27.1. The minimum atomic E-state index is -6.65. The highest BCUT2D eigenvalue weighted by molar-refractivity contribution is 7.93. The summed E-state index contributed by atoms with van der Waals surface area (Å²) in [4.78, 5) is 11.7. The van der Waals surface area contributed by atoms with Gasteiger partial charge in [-0.15, -0.1) is 5.10 Å². The van der Waals surface area contributed by atoms with Crippen LogP contribution in [0.1, 0.15) is 23.1 Å². The van der Waals surface area contributed by atoms with Gasteiger partial charge in [0.2, 0.25) is 5.82 Å². The number of halogens is 10. The summed E-state index contributed by atoms with van der Waals surface area (Å²) >= 11 is 0. The number of carbonyl (C=O) groups excluding carboxylic acids is 1. The van der Waals surface area contributed by atoms with E-state index in [1.165, 1.54) is 0 Å².